The molecular weight excluding hydrogens is 180 g/mol. The van der Waals surface area contributed by atoms with Gasteiger partial charge in [-0.25, -0.2) is 0 Å². The van der Waals surface area contributed by atoms with Crippen LogP contribution in [0.5, 0.6) is 0 Å². The average Bonchev–Trinajstić information content (AvgIpc) is 2.17. The van der Waals surface area contributed by atoms with E-state index in [1.54, 1.807) is 6.08 Å². The molecule has 1 aromatic rings. The van der Waals surface area contributed by atoms with Crippen LogP contribution in [0.2, 0.25) is 0 Å². The molecule has 0 saturated heterocycles. The lowest BCUT2D eigenvalue weighted by Crippen LogP contribution is -1.95. The van der Waals surface area contributed by atoms with E-state index < -0.39 is 4.92 Å². The molecule has 0 amide bonds. The summed E-state index contributed by atoms with van der Waals surface area (Å²) in [7, 11) is 0. The minimum atomic E-state index is -0.458. The number of nitrogens with zero attached hydrogens (tertiary/aromatic N) is 2. The Morgan fingerprint density at radius 2 is 2.36 bits per heavy atom. The summed E-state index contributed by atoms with van der Waals surface area (Å²) in [4.78, 5) is 10.1. The monoisotopic (exact) mass is 188 g/mol. The molecule has 0 atom stereocenters. The highest BCUT2D eigenvalue weighted by atomic mass is 16.6. The van der Waals surface area contributed by atoms with Gasteiger partial charge in [0.1, 0.15) is 0 Å². The van der Waals surface area contributed by atoms with Gasteiger partial charge in [0.05, 0.1) is 16.6 Å². The smallest absolute Gasteiger partial charge is 0.258 e. The molecule has 0 N–H and O–H groups in total. The van der Waals surface area contributed by atoms with E-state index in [1.165, 1.54) is 18.2 Å². The van der Waals surface area contributed by atoms with E-state index in [0.29, 0.717) is 17.5 Å². The van der Waals surface area contributed by atoms with Gasteiger partial charge in [0.15, 0.2) is 0 Å². The van der Waals surface area contributed by atoms with E-state index in [0.717, 1.165) is 0 Å². The predicted octanol–water partition coefficient (Wildman–Crippen LogP) is 2.19. The van der Waals surface area contributed by atoms with Crippen LogP contribution in [-0.4, -0.2) is 4.92 Å². The molecule has 0 aromatic heterocycles. The molecule has 14 heavy (non-hydrogen) atoms. The summed E-state index contributed by atoms with van der Waals surface area (Å²) in [5.41, 5.74) is 0.973. The zero-order chi connectivity index (χ0) is 10.6. The van der Waals surface area contributed by atoms with Gasteiger partial charge in [-0.1, -0.05) is 6.08 Å². The summed E-state index contributed by atoms with van der Waals surface area (Å²) in [6.45, 7) is 3.51. The van der Waals surface area contributed by atoms with Crippen LogP contribution in [0.25, 0.3) is 0 Å². The minimum Gasteiger partial charge on any atom is -0.258 e. The maximum atomic E-state index is 10.6. The van der Waals surface area contributed by atoms with Crippen LogP contribution < -0.4 is 0 Å². The van der Waals surface area contributed by atoms with Crippen molar-refractivity contribution in [3.05, 3.63) is 52.1 Å². The Balaban J connectivity index is 3.24. The highest BCUT2D eigenvalue weighted by Crippen LogP contribution is 2.20. The van der Waals surface area contributed by atoms with Gasteiger partial charge >= 0.3 is 0 Å². The van der Waals surface area contributed by atoms with Gasteiger partial charge in [-0.15, -0.1) is 6.58 Å². The second-order valence-corrected chi connectivity index (χ2v) is 2.71. The third-order valence-corrected chi connectivity index (χ3v) is 1.77. The normalized spacial score (nSPS) is 9.07. The summed E-state index contributed by atoms with van der Waals surface area (Å²) in [5, 5.41) is 19.2. The second kappa shape index (κ2) is 4.19. The zero-order valence-corrected chi connectivity index (χ0v) is 7.43. The SMILES string of the molecule is C=CCc1cc(C#N)ccc1[N+](=O)[O-]. The van der Waals surface area contributed by atoms with Gasteiger partial charge < -0.3 is 0 Å². The first-order valence-corrected chi connectivity index (χ1v) is 3.97. The number of nitriles is 1. The lowest BCUT2D eigenvalue weighted by atomic mass is 10.1. The summed E-state index contributed by atoms with van der Waals surface area (Å²) in [5.74, 6) is 0. The van der Waals surface area contributed by atoms with Crippen molar-refractivity contribution in [3.8, 4) is 6.07 Å². The molecule has 0 aliphatic heterocycles. The fourth-order valence-electron chi connectivity index (χ4n) is 1.15. The molecule has 0 aliphatic carbocycles. The fourth-order valence-corrected chi connectivity index (χ4v) is 1.15. The molecule has 0 spiro atoms. The van der Waals surface area contributed by atoms with Gasteiger partial charge in [-0.05, 0) is 18.6 Å². The summed E-state index contributed by atoms with van der Waals surface area (Å²) < 4.78 is 0. The third-order valence-electron chi connectivity index (χ3n) is 1.77. The topological polar surface area (TPSA) is 66.9 Å². The van der Waals surface area contributed by atoms with Gasteiger partial charge in [-0.3, -0.25) is 10.1 Å². The third kappa shape index (κ3) is 1.96. The second-order valence-electron chi connectivity index (χ2n) is 2.71. The van der Waals surface area contributed by atoms with Crippen LogP contribution in [0.4, 0.5) is 5.69 Å². The molecule has 0 fully saturated rings. The highest BCUT2D eigenvalue weighted by molar-refractivity contribution is 5.47. The molecule has 4 nitrogen and oxygen atoms in total. The number of rotatable bonds is 3. The summed E-state index contributed by atoms with van der Waals surface area (Å²) in [6.07, 6.45) is 1.97. The molecule has 0 unspecified atom stereocenters. The fraction of sp³-hybridized carbons (Fsp3) is 0.100. The molecule has 70 valence electrons. The molecule has 1 aromatic carbocycles. The molecule has 1 rings (SSSR count). The van der Waals surface area contributed by atoms with Crippen molar-refractivity contribution in [1.82, 2.24) is 0 Å². The van der Waals surface area contributed by atoms with E-state index in [4.69, 9.17) is 5.26 Å². The standard InChI is InChI=1S/C10H8N2O2/c1-2-3-9-6-8(7-11)4-5-10(9)12(13)14/h2,4-6H,1,3H2. The Labute approximate surface area is 81.2 Å². The van der Waals surface area contributed by atoms with Crippen molar-refractivity contribution in [3.63, 3.8) is 0 Å². The van der Waals surface area contributed by atoms with Crippen LogP contribution in [0.3, 0.4) is 0 Å². The molecule has 0 heterocycles. The molecule has 4 heteroatoms. The van der Waals surface area contributed by atoms with E-state index in [1.807, 2.05) is 6.07 Å². The molecule has 0 bridgehead atoms. The summed E-state index contributed by atoms with van der Waals surface area (Å²) >= 11 is 0. The lowest BCUT2D eigenvalue weighted by Gasteiger charge is -1.99. The largest absolute Gasteiger partial charge is 0.272 e. The predicted molar refractivity (Wildman–Crippen MR) is 51.7 cm³/mol. The van der Waals surface area contributed by atoms with Gasteiger partial charge in [0.25, 0.3) is 5.69 Å². The Kier molecular flexibility index (Phi) is 2.97. The molecular formula is C10H8N2O2. The Bertz CT molecular complexity index is 419. The average molecular weight is 188 g/mol. The maximum Gasteiger partial charge on any atom is 0.272 e. The van der Waals surface area contributed by atoms with Crippen LogP contribution in [0, 0.1) is 21.4 Å². The van der Waals surface area contributed by atoms with E-state index in [-0.39, 0.29) is 5.69 Å². The Morgan fingerprint density at radius 1 is 1.64 bits per heavy atom. The highest BCUT2D eigenvalue weighted by Gasteiger charge is 2.12. The number of hydrogen-bond donors (Lipinski definition) is 0. The lowest BCUT2D eigenvalue weighted by molar-refractivity contribution is -0.385. The van der Waals surface area contributed by atoms with E-state index in [9.17, 15) is 10.1 Å². The Morgan fingerprint density at radius 3 is 2.86 bits per heavy atom. The first-order chi connectivity index (χ1) is 6.69. The van der Waals surface area contributed by atoms with Crippen molar-refractivity contribution in [1.29, 1.82) is 5.26 Å². The van der Waals surface area contributed by atoms with Crippen molar-refractivity contribution in [2.24, 2.45) is 0 Å². The van der Waals surface area contributed by atoms with Crippen LogP contribution in [0.1, 0.15) is 11.1 Å². The van der Waals surface area contributed by atoms with Gasteiger partial charge in [-0.2, -0.15) is 5.26 Å². The zero-order valence-electron chi connectivity index (χ0n) is 7.43. The van der Waals surface area contributed by atoms with E-state index in [2.05, 4.69) is 6.58 Å². The summed E-state index contributed by atoms with van der Waals surface area (Å²) in [6, 6.07) is 6.23. The number of benzene rings is 1. The van der Waals surface area contributed by atoms with Gasteiger partial charge in [0.2, 0.25) is 0 Å². The Hall–Kier alpha value is -2.15. The van der Waals surface area contributed by atoms with Crippen LogP contribution in [0.15, 0.2) is 30.9 Å². The maximum absolute atomic E-state index is 10.6. The number of nitro benzene ring substituents is 1. The van der Waals surface area contributed by atoms with Crippen LogP contribution >= 0.6 is 0 Å². The molecule has 0 radical (unpaired) electrons. The van der Waals surface area contributed by atoms with Crippen molar-refractivity contribution >= 4 is 5.69 Å². The molecule has 0 aliphatic rings. The van der Waals surface area contributed by atoms with Crippen LogP contribution in [-0.2, 0) is 6.42 Å². The van der Waals surface area contributed by atoms with Crippen molar-refractivity contribution in [2.75, 3.05) is 0 Å². The van der Waals surface area contributed by atoms with Crippen molar-refractivity contribution in [2.45, 2.75) is 6.42 Å². The first-order valence-electron chi connectivity index (χ1n) is 3.97. The first kappa shape index (κ1) is 9.93. The van der Waals surface area contributed by atoms with Gasteiger partial charge in [0, 0.05) is 11.6 Å². The minimum absolute atomic E-state index is 0.0314. The quantitative estimate of drug-likeness (QED) is 0.415. The number of hydrogen-bond acceptors (Lipinski definition) is 3. The molecule has 0 saturated carbocycles. The number of allylic oxidation sites excluding steroid dienone is 1. The number of nitro groups is 1. The van der Waals surface area contributed by atoms with E-state index >= 15 is 0 Å². The van der Waals surface area contributed by atoms with Crippen molar-refractivity contribution < 1.29 is 4.92 Å².